The molecule has 4 atom stereocenters. The predicted molar refractivity (Wildman–Crippen MR) is 63.4 cm³/mol. The van der Waals surface area contributed by atoms with Crippen LogP contribution in [0.25, 0.3) is 0 Å². The summed E-state index contributed by atoms with van der Waals surface area (Å²) in [4.78, 5) is 34.6. The highest BCUT2D eigenvalue weighted by molar-refractivity contribution is 7.66. The standard InChI is InChI=1S/C6H14FO11P3/c1-5-2-3-6(7,16-5)4-15-20(11,12)18-21(13,14)17-19(8,9)10/h5H,2-4H2,1H3,(H,11,12)(H,13,14)(H2,8,9,10)/t5-,6-/m0/s1. The summed E-state index contributed by atoms with van der Waals surface area (Å²) in [6.07, 6.45) is -0.250. The molecule has 4 N–H and O–H groups in total. The topological polar surface area (TPSA) is 169 Å². The molecule has 0 spiro atoms. The second kappa shape index (κ2) is 6.43. The van der Waals surface area contributed by atoms with Crippen molar-refractivity contribution in [3.63, 3.8) is 0 Å². The molecule has 0 saturated carbocycles. The quantitative estimate of drug-likeness (QED) is 0.472. The van der Waals surface area contributed by atoms with Crippen LogP contribution >= 0.6 is 23.5 Å². The third-order valence-corrected chi connectivity index (χ3v) is 5.98. The molecule has 0 bridgehead atoms. The Morgan fingerprint density at radius 3 is 2.19 bits per heavy atom. The Bertz CT molecular complexity index is 518. The van der Waals surface area contributed by atoms with Crippen molar-refractivity contribution in [2.75, 3.05) is 6.61 Å². The van der Waals surface area contributed by atoms with Gasteiger partial charge in [-0.3, -0.25) is 4.52 Å². The van der Waals surface area contributed by atoms with Crippen LogP contribution < -0.4 is 0 Å². The summed E-state index contributed by atoms with van der Waals surface area (Å²) in [7, 11) is -16.4. The van der Waals surface area contributed by atoms with Crippen LogP contribution in [0.4, 0.5) is 4.39 Å². The van der Waals surface area contributed by atoms with E-state index in [0.29, 0.717) is 6.42 Å². The third kappa shape index (κ3) is 7.40. The predicted octanol–water partition coefficient (Wildman–Crippen LogP) is 1.19. The van der Waals surface area contributed by atoms with Crippen molar-refractivity contribution in [1.82, 2.24) is 0 Å². The Morgan fingerprint density at radius 2 is 1.76 bits per heavy atom. The number of rotatable bonds is 7. The zero-order valence-electron chi connectivity index (χ0n) is 10.6. The van der Waals surface area contributed by atoms with Crippen molar-refractivity contribution in [2.24, 2.45) is 0 Å². The minimum atomic E-state index is -5.60. The van der Waals surface area contributed by atoms with Crippen molar-refractivity contribution < 1.29 is 55.5 Å². The van der Waals surface area contributed by atoms with Gasteiger partial charge >= 0.3 is 23.5 Å². The number of hydrogen-bond donors (Lipinski definition) is 4. The van der Waals surface area contributed by atoms with Gasteiger partial charge in [-0.05, 0) is 13.3 Å². The summed E-state index contributed by atoms with van der Waals surface area (Å²) >= 11 is 0. The summed E-state index contributed by atoms with van der Waals surface area (Å²) in [6, 6.07) is 0. The molecular formula is C6H14FO11P3. The fourth-order valence-corrected chi connectivity index (χ4v) is 4.54. The van der Waals surface area contributed by atoms with E-state index in [0.717, 1.165) is 0 Å². The first kappa shape index (κ1) is 19.3. The molecule has 1 rings (SSSR count). The SMILES string of the molecule is C[C@H]1CC[C@@](F)(COP(=O)(O)OP(=O)(O)OP(=O)(O)O)O1. The van der Waals surface area contributed by atoms with Gasteiger partial charge in [0, 0.05) is 6.42 Å². The molecule has 0 aromatic rings. The minimum Gasteiger partial charge on any atom is -0.341 e. The van der Waals surface area contributed by atoms with Crippen molar-refractivity contribution >= 4 is 23.5 Å². The highest BCUT2D eigenvalue weighted by Crippen LogP contribution is 2.66. The molecule has 1 saturated heterocycles. The zero-order valence-corrected chi connectivity index (χ0v) is 13.2. The van der Waals surface area contributed by atoms with E-state index in [9.17, 15) is 18.1 Å². The molecule has 21 heavy (non-hydrogen) atoms. The normalized spacial score (nSPS) is 32.6. The Morgan fingerprint density at radius 1 is 1.19 bits per heavy atom. The molecule has 126 valence electrons. The zero-order chi connectivity index (χ0) is 16.5. The Hall–Kier alpha value is 0.300. The number of halogens is 1. The number of phosphoric ester groups is 1. The van der Waals surface area contributed by atoms with Gasteiger partial charge < -0.3 is 24.3 Å². The van der Waals surface area contributed by atoms with Crippen LogP contribution in [0.3, 0.4) is 0 Å². The molecule has 0 amide bonds. The monoisotopic (exact) mass is 374 g/mol. The maximum Gasteiger partial charge on any atom is 0.490 e. The van der Waals surface area contributed by atoms with E-state index in [-0.39, 0.29) is 6.42 Å². The lowest BCUT2D eigenvalue weighted by Crippen LogP contribution is -2.28. The largest absolute Gasteiger partial charge is 0.490 e. The van der Waals surface area contributed by atoms with Crippen molar-refractivity contribution in [3.8, 4) is 0 Å². The lowest BCUT2D eigenvalue weighted by Gasteiger charge is -2.22. The first-order valence-corrected chi connectivity index (χ1v) is 9.89. The maximum absolute atomic E-state index is 13.9. The lowest BCUT2D eigenvalue weighted by atomic mass is 10.2. The molecule has 1 aliphatic heterocycles. The first-order chi connectivity index (χ1) is 9.22. The van der Waals surface area contributed by atoms with Crippen LogP contribution in [0, 0.1) is 0 Å². The summed E-state index contributed by atoms with van der Waals surface area (Å²) in [5.41, 5.74) is 0. The molecule has 0 aromatic heterocycles. The molecular weight excluding hydrogens is 360 g/mol. The summed E-state index contributed by atoms with van der Waals surface area (Å²) in [5.74, 6) is -2.37. The first-order valence-electron chi connectivity index (χ1n) is 5.37. The van der Waals surface area contributed by atoms with E-state index >= 15 is 0 Å². The highest BCUT2D eigenvalue weighted by atomic mass is 31.3. The summed E-state index contributed by atoms with van der Waals surface area (Å²) in [5, 5.41) is 0. The van der Waals surface area contributed by atoms with Crippen LogP contribution in [0.5, 0.6) is 0 Å². The van der Waals surface area contributed by atoms with Crippen LogP contribution in [-0.4, -0.2) is 38.1 Å². The third-order valence-electron chi connectivity index (χ3n) is 2.20. The molecule has 2 unspecified atom stereocenters. The molecule has 11 nitrogen and oxygen atoms in total. The fourth-order valence-electron chi connectivity index (χ4n) is 1.48. The maximum atomic E-state index is 13.9. The highest BCUT2D eigenvalue weighted by Gasteiger charge is 2.45. The van der Waals surface area contributed by atoms with E-state index in [4.69, 9.17) is 24.3 Å². The average Bonchev–Trinajstić information content (AvgIpc) is 2.51. The Kier molecular flexibility index (Phi) is 5.92. The lowest BCUT2D eigenvalue weighted by molar-refractivity contribution is -0.153. The number of alkyl halides is 1. The van der Waals surface area contributed by atoms with Crippen LogP contribution in [0.15, 0.2) is 0 Å². The number of phosphoric acid groups is 3. The van der Waals surface area contributed by atoms with Crippen molar-refractivity contribution in [2.45, 2.75) is 31.7 Å². The summed E-state index contributed by atoms with van der Waals surface area (Å²) < 4.78 is 62.4. The molecule has 1 aliphatic rings. The van der Waals surface area contributed by atoms with Gasteiger partial charge in [-0.25, -0.2) is 18.1 Å². The van der Waals surface area contributed by atoms with Crippen molar-refractivity contribution in [3.05, 3.63) is 0 Å². The Labute approximate surface area is 118 Å². The van der Waals surface area contributed by atoms with E-state index < -0.39 is 42.0 Å². The number of hydrogen-bond acceptors (Lipinski definition) is 7. The number of ether oxygens (including phenoxy) is 1. The van der Waals surface area contributed by atoms with Gasteiger partial charge in [0.05, 0.1) is 6.10 Å². The molecule has 1 heterocycles. The van der Waals surface area contributed by atoms with Gasteiger partial charge in [-0.15, -0.1) is 0 Å². The van der Waals surface area contributed by atoms with Crippen molar-refractivity contribution in [1.29, 1.82) is 0 Å². The van der Waals surface area contributed by atoms with Gasteiger partial charge in [0.25, 0.3) is 0 Å². The minimum absolute atomic E-state index is 0.135. The van der Waals surface area contributed by atoms with Crippen LogP contribution in [0.1, 0.15) is 19.8 Å². The Balaban J connectivity index is 2.60. The fraction of sp³-hybridized carbons (Fsp3) is 1.00. The molecule has 15 heteroatoms. The molecule has 0 aliphatic carbocycles. The average molecular weight is 374 g/mol. The van der Waals surface area contributed by atoms with E-state index in [2.05, 4.69) is 13.1 Å². The summed E-state index contributed by atoms with van der Waals surface area (Å²) in [6.45, 7) is 0.479. The second-order valence-corrected chi connectivity index (χ2v) is 8.63. The van der Waals surface area contributed by atoms with Crippen LogP contribution in [0.2, 0.25) is 0 Å². The van der Waals surface area contributed by atoms with Gasteiger partial charge in [0.2, 0.25) is 5.85 Å². The van der Waals surface area contributed by atoms with Gasteiger partial charge in [-0.2, -0.15) is 8.62 Å². The van der Waals surface area contributed by atoms with E-state index in [1.807, 2.05) is 0 Å². The van der Waals surface area contributed by atoms with Gasteiger partial charge in [0.15, 0.2) is 0 Å². The van der Waals surface area contributed by atoms with Crippen LogP contribution in [-0.2, 0) is 31.6 Å². The van der Waals surface area contributed by atoms with E-state index in [1.165, 1.54) is 0 Å². The van der Waals surface area contributed by atoms with E-state index in [1.54, 1.807) is 6.92 Å². The van der Waals surface area contributed by atoms with Gasteiger partial charge in [-0.1, -0.05) is 0 Å². The molecule has 1 fully saturated rings. The van der Waals surface area contributed by atoms with Gasteiger partial charge in [0.1, 0.15) is 6.61 Å². The smallest absolute Gasteiger partial charge is 0.341 e. The second-order valence-electron chi connectivity index (χ2n) is 4.21. The molecule has 0 aromatic carbocycles. The molecule has 0 radical (unpaired) electrons.